The molecule has 1 aromatic carbocycles. The number of nitrogens with one attached hydrogen (secondary N) is 1. The molecule has 1 N–H and O–H groups in total. The molecule has 1 aliphatic heterocycles. The van der Waals surface area contributed by atoms with Crippen LogP contribution in [0.4, 0.5) is 0 Å². The van der Waals surface area contributed by atoms with Crippen molar-refractivity contribution >= 4 is 17.5 Å². The summed E-state index contributed by atoms with van der Waals surface area (Å²) in [4.78, 5) is 28.8. The lowest BCUT2D eigenvalue weighted by atomic mass is 9.77. The van der Waals surface area contributed by atoms with Gasteiger partial charge in [-0.25, -0.2) is 4.99 Å². The molecule has 0 saturated carbocycles. The zero-order valence-corrected chi connectivity index (χ0v) is 14.2. The van der Waals surface area contributed by atoms with Crippen LogP contribution < -0.4 is 5.32 Å². The Hall–Kier alpha value is -3.26. The second kappa shape index (κ2) is 6.57. The molecule has 1 atom stereocenters. The van der Waals surface area contributed by atoms with E-state index >= 15 is 0 Å². The molecular weight excluding hydrogens is 326 g/mol. The van der Waals surface area contributed by atoms with Gasteiger partial charge in [0.15, 0.2) is 0 Å². The molecule has 128 valence electrons. The van der Waals surface area contributed by atoms with E-state index in [0.717, 1.165) is 37.0 Å². The second-order valence-corrected chi connectivity index (χ2v) is 6.64. The van der Waals surface area contributed by atoms with Gasteiger partial charge >= 0.3 is 0 Å². The van der Waals surface area contributed by atoms with Crippen LogP contribution in [0.2, 0.25) is 0 Å². The molecule has 3 aliphatic rings. The molecular formula is C21H17N3O2. The number of amides is 2. The van der Waals surface area contributed by atoms with Gasteiger partial charge in [-0.2, -0.15) is 5.26 Å². The molecule has 2 aliphatic carbocycles. The molecule has 5 nitrogen and oxygen atoms in total. The highest BCUT2D eigenvalue weighted by Gasteiger charge is 2.33. The highest BCUT2D eigenvalue weighted by Crippen LogP contribution is 2.38. The molecule has 4 rings (SSSR count). The van der Waals surface area contributed by atoms with Crippen LogP contribution in [0.3, 0.4) is 0 Å². The van der Waals surface area contributed by atoms with Crippen LogP contribution in [0.25, 0.3) is 0 Å². The molecule has 26 heavy (non-hydrogen) atoms. The average Bonchev–Trinajstić information content (AvgIpc) is 2.68. The van der Waals surface area contributed by atoms with Crippen LogP contribution in [0.1, 0.15) is 41.6 Å². The number of carbonyl (C=O) groups excluding carboxylic acids is 2. The Balaban J connectivity index is 1.62. The summed E-state index contributed by atoms with van der Waals surface area (Å²) in [5.41, 5.74) is 4.21. The predicted molar refractivity (Wildman–Crippen MR) is 97.3 cm³/mol. The fourth-order valence-corrected chi connectivity index (χ4v) is 3.72. The molecule has 0 aromatic heterocycles. The summed E-state index contributed by atoms with van der Waals surface area (Å²) in [6.45, 7) is 0. The largest absolute Gasteiger partial charge is 0.325 e. The number of aliphatic imine (C=N–C) groups is 1. The Morgan fingerprint density at radius 1 is 1.27 bits per heavy atom. The van der Waals surface area contributed by atoms with E-state index in [0.29, 0.717) is 16.8 Å². The summed E-state index contributed by atoms with van der Waals surface area (Å²) in [5.74, 6) is -0.347. The van der Waals surface area contributed by atoms with Crippen LogP contribution in [-0.2, 0) is 4.79 Å². The van der Waals surface area contributed by atoms with E-state index < -0.39 is 5.91 Å². The van der Waals surface area contributed by atoms with Crippen LogP contribution in [0, 0.1) is 17.2 Å². The van der Waals surface area contributed by atoms with Crippen molar-refractivity contribution in [1.29, 1.82) is 5.26 Å². The first-order chi connectivity index (χ1) is 12.7. The Labute approximate surface area is 151 Å². The number of benzene rings is 1. The lowest BCUT2D eigenvalue weighted by Gasteiger charge is -2.33. The predicted octanol–water partition coefficient (Wildman–Crippen LogP) is 3.21. The van der Waals surface area contributed by atoms with Gasteiger partial charge in [-0.15, -0.1) is 0 Å². The third-order valence-electron chi connectivity index (χ3n) is 4.99. The molecule has 1 heterocycles. The first-order valence-electron chi connectivity index (χ1n) is 8.72. The Morgan fingerprint density at radius 3 is 2.96 bits per heavy atom. The minimum absolute atomic E-state index is 0.0232. The Morgan fingerprint density at radius 2 is 2.12 bits per heavy atom. The minimum atomic E-state index is -0.406. The molecule has 0 bridgehead atoms. The van der Waals surface area contributed by atoms with Crippen LogP contribution in [0.5, 0.6) is 0 Å². The molecule has 5 heteroatoms. The second-order valence-electron chi connectivity index (χ2n) is 6.64. The highest BCUT2D eigenvalue weighted by atomic mass is 16.2. The van der Waals surface area contributed by atoms with Crippen molar-refractivity contribution in [3.8, 4) is 6.07 Å². The van der Waals surface area contributed by atoms with Gasteiger partial charge in [0.1, 0.15) is 0 Å². The van der Waals surface area contributed by atoms with Gasteiger partial charge in [-0.05, 0) is 61.6 Å². The van der Waals surface area contributed by atoms with Crippen LogP contribution >= 0.6 is 0 Å². The van der Waals surface area contributed by atoms with Gasteiger partial charge in [0.2, 0.25) is 0 Å². The van der Waals surface area contributed by atoms with Crippen molar-refractivity contribution in [3.05, 3.63) is 70.5 Å². The van der Waals surface area contributed by atoms with Crippen molar-refractivity contribution in [3.63, 3.8) is 0 Å². The summed E-state index contributed by atoms with van der Waals surface area (Å²) in [6.07, 6.45) is 9.56. The molecule has 2 amide bonds. The quantitative estimate of drug-likeness (QED) is 0.850. The number of nitrogens with zero attached hydrogens (tertiary/aromatic N) is 2. The van der Waals surface area contributed by atoms with Gasteiger partial charge in [0.05, 0.1) is 17.3 Å². The standard InChI is InChI=1S/C21H17N3O2/c22-12-13-4-3-5-14(10-13)20(25)23-15-8-9-17-16-6-1-2-7-18(16)21(26)24-19(17)11-15/h3-5,8-11,17H,1-2,6-7H2,(H,24,26). The van der Waals surface area contributed by atoms with E-state index in [1.54, 1.807) is 24.3 Å². The molecule has 0 spiro atoms. The first kappa shape index (κ1) is 16.2. The van der Waals surface area contributed by atoms with E-state index in [1.807, 2.05) is 18.2 Å². The normalized spacial score (nSPS) is 22.9. The molecule has 1 unspecified atom stereocenters. The summed E-state index contributed by atoms with van der Waals surface area (Å²) in [5, 5.41) is 11.9. The van der Waals surface area contributed by atoms with Gasteiger partial charge < -0.3 is 5.32 Å². The van der Waals surface area contributed by atoms with Gasteiger partial charge in [-0.3, -0.25) is 9.59 Å². The number of carbonyl (C=O) groups is 2. The number of rotatable bonds is 1. The maximum atomic E-state index is 12.4. The Kier molecular flexibility index (Phi) is 4.10. The summed E-state index contributed by atoms with van der Waals surface area (Å²) in [7, 11) is 0. The third-order valence-corrected chi connectivity index (χ3v) is 4.99. The van der Waals surface area contributed by atoms with Gasteiger partial charge in [0.25, 0.3) is 11.8 Å². The molecule has 0 radical (unpaired) electrons. The molecule has 0 fully saturated rings. The van der Waals surface area contributed by atoms with Crippen LogP contribution in [0.15, 0.2) is 64.3 Å². The smallest absolute Gasteiger partial charge is 0.277 e. The van der Waals surface area contributed by atoms with Crippen molar-refractivity contribution in [1.82, 2.24) is 5.32 Å². The lowest BCUT2D eigenvalue weighted by Crippen LogP contribution is -2.37. The van der Waals surface area contributed by atoms with Gasteiger partial charge in [-0.1, -0.05) is 12.1 Å². The molecule has 0 saturated heterocycles. The number of fused-ring (bicyclic) bond motifs is 2. The SMILES string of the molecule is N#Cc1cccc(C(=O)N=C2C=CC3C(=C2)NC(=O)C2=C3CCCC2)c1. The van der Waals surface area contributed by atoms with Gasteiger partial charge in [0, 0.05) is 22.8 Å². The highest BCUT2D eigenvalue weighted by molar-refractivity contribution is 6.14. The fourth-order valence-electron chi connectivity index (χ4n) is 3.72. The average molecular weight is 343 g/mol. The lowest BCUT2D eigenvalue weighted by molar-refractivity contribution is -0.117. The third kappa shape index (κ3) is 2.91. The summed E-state index contributed by atoms with van der Waals surface area (Å²) < 4.78 is 0. The van der Waals surface area contributed by atoms with Crippen molar-refractivity contribution in [2.24, 2.45) is 10.9 Å². The topological polar surface area (TPSA) is 82.3 Å². The van der Waals surface area contributed by atoms with E-state index in [-0.39, 0.29) is 11.8 Å². The van der Waals surface area contributed by atoms with Crippen molar-refractivity contribution in [2.45, 2.75) is 25.7 Å². The number of hydrogen-bond acceptors (Lipinski definition) is 3. The number of allylic oxidation sites excluding steroid dienone is 3. The monoisotopic (exact) mass is 343 g/mol. The maximum absolute atomic E-state index is 12.4. The van der Waals surface area contributed by atoms with E-state index in [1.165, 1.54) is 11.6 Å². The summed E-state index contributed by atoms with van der Waals surface area (Å²) >= 11 is 0. The number of nitriles is 1. The van der Waals surface area contributed by atoms with Crippen LogP contribution in [-0.4, -0.2) is 17.5 Å². The first-order valence-corrected chi connectivity index (χ1v) is 8.72. The van der Waals surface area contributed by atoms with E-state index in [2.05, 4.69) is 10.3 Å². The minimum Gasteiger partial charge on any atom is -0.325 e. The molecule has 1 aromatic rings. The van der Waals surface area contributed by atoms with Crippen molar-refractivity contribution in [2.75, 3.05) is 0 Å². The fraction of sp³-hybridized carbons (Fsp3) is 0.238. The van der Waals surface area contributed by atoms with E-state index in [9.17, 15) is 9.59 Å². The zero-order chi connectivity index (χ0) is 18.1. The Bertz CT molecular complexity index is 973. The van der Waals surface area contributed by atoms with E-state index in [4.69, 9.17) is 5.26 Å². The maximum Gasteiger partial charge on any atom is 0.277 e. The van der Waals surface area contributed by atoms with Crippen molar-refractivity contribution < 1.29 is 9.59 Å². The zero-order valence-electron chi connectivity index (χ0n) is 14.2. The number of hydrogen-bond donors (Lipinski definition) is 1. The summed E-state index contributed by atoms with van der Waals surface area (Å²) in [6, 6.07) is 8.48.